The van der Waals surface area contributed by atoms with E-state index in [2.05, 4.69) is 26.3 Å². The Labute approximate surface area is 125 Å². The third-order valence-corrected chi connectivity index (χ3v) is 3.54. The van der Waals surface area contributed by atoms with Gasteiger partial charge in [0.1, 0.15) is 5.69 Å². The van der Waals surface area contributed by atoms with Gasteiger partial charge in [-0.1, -0.05) is 22.9 Å². The molecule has 20 heavy (non-hydrogen) atoms. The van der Waals surface area contributed by atoms with E-state index in [9.17, 15) is 8.78 Å². The molecule has 3 nitrogen and oxygen atoms in total. The zero-order valence-corrected chi connectivity index (χ0v) is 12.9. The van der Waals surface area contributed by atoms with E-state index >= 15 is 0 Å². The smallest absolute Gasteiger partial charge is 0.280 e. The van der Waals surface area contributed by atoms with E-state index in [1.807, 2.05) is 26.0 Å². The molecule has 0 bridgehead atoms. The number of hydrogen-bond donors (Lipinski definition) is 1. The molecule has 1 heterocycles. The molecule has 0 aliphatic heterocycles. The van der Waals surface area contributed by atoms with E-state index < -0.39 is 6.43 Å². The molecule has 0 atom stereocenters. The Morgan fingerprint density at radius 3 is 2.75 bits per heavy atom. The van der Waals surface area contributed by atoms with E-state index in [0.29, 0.717) is 17.8 Å². The first-order valence-electron chi connectivity index (χ1n) is 6.36. The fraction of sp³-hybridized carbons (Fsp3) is 0.357. The summed E-state index contributed by atoms with van der Waals surface area (Å²) in [7, 11) is 0. The van der Waals surface area contributed by atoms with Gasteiger partial charge in [-0.3, -0.25) is 0 Å². The first-order valence-corrected chi connectivity index (χ1v) is 7.16. The Bertz CT molecular complexity index is 596. The first-order chi connectivity index (χ1) is 9.54. The maximum Gasteiger partial charge on any atom is 0.280 e. The Kier molecular flexibility index (Phi) is 4.88. The lowest BCUT2D eigenvalue weighted by Gasteiger charge is -2.12. The molecule has 2 aromatic rings. The number of halogens is 3. The minimum absolute atomic E-state index is 0.0450. The van der Waals surface area contributed by atoms with Crippen LogP contribution in [0.2, 0.25) is 0 Å². The van der Waals surface area contributed by atoms with Gasteiger partial charge in [0.2, 0.25) is 0 Å². The van der Waals surface area contributed by atoms with Gasteiger partial charge in [0.05, 0.1) is 11.9 Å². The summed E-state index contributed by atoms with van der Waals surface area (Å²) in [4.78, 5) is 0. The Morgan fingerprint density at radius 1 is 1.40 bits per heavy atom. The number of nitrogens with zero attached hydrogens (tertiary/aromatic N) is 2. The summed E-state index contributed by atoms with van der Waals surface area (Å²) in [5.74, 6) is 0. The number of benzene rings is 1. The molecular weight excluding hydrogens is 328 g/mol. The van der Waals surface area contributed by atoms with Crippen molar-refractivity contribution in [1.29, 1.82) is 0 Å². The molecule has 0 saturated heterocycles. The van der Waals surface area contributed by atoms with Crippen LogP contribution in [0.25, 0.3) is 5.69 Å². The number of alkyl halides is 2. The van der Waals surface area contributed by atoms with Crippen LogP contribution in [0, 0.1) is 6.92 Å². The highest BCUT2D eigenvalue weighted by molar-refractivity contribution is 9.10. The standard InChI is InChI=1S/C14H16BrF2N3/c1-3-18-7-10-8-19-20(13(10)14(16)17)12-5-4-11(15)6-9(12)2/h4-6,8,14,18H,3,7H2,1-2H3. The second-order valence-electron chi connectivity index (χ2n) is 4.48. The fourth-order valence-electron chi connectivity index (χ4n) is 2.07. The summed E-state index contributed by atoms with van der Waals surface area (Å²) >= 11 is 3.37. The molecule has 0 amide bonds. The SMILES string of the molecule is CCNCc1cnn(-c2ccc(Br)cc2C)c1C(F)F. The zero-order chi connectivity index (χ0) is 14.7. The molecule has 0 saturated carbocycles. The Balaban J connectivity index is 2.48. The zero-order valence-electron chi connectivity index (χ0n) is 11.3. The van der Waals surface area contributed by atoms with Crippen LogP contribution in [0.15, 0.2) is 28.9 Å². The number of hydrogen-bond acceptors (Lipinski definition) is 2. The van der Waals surface area contributed by atoms with Crippen molar-refractivity contribution < 1.29 is 8.78 Å². The van der Waals surface area contributed by atoms with Crippen molar-refractivity contribution in [3.05, 3.63) is 45.7 Å². The van der Waals surface area contributed by atoms with Crippen molar-refractivity contribution in [3.8, 4) is 5.69 Å². The molecule has 108 valence electrons. The summed E-state index contributed by atoms with van der Waals surface area (Å²) < 4.78 is 28.9. The maximum atomic E-state index is 13.3. The normalized spacial score (nSPS) is 11.3. The van der Waals surface area contributed by atoms with E-state index in [1.165, 1.54) is 10.9 Å². The second-order valence-corrected chi connectivity index (χ2v) is 5.39. The van der Waals surface area contributed by atoms with Gasteiger partial charge in [-0.2, -0.15) is 5.10 Å². The van der Waals surface area contributed by atoms with Crippen LogP contribution in [0.5, 0.6) is 0 Å². The molecule has 1 aromatic carbocycles. The lowest BCUT2D eigenvalue weighted by molar-refractivity contribution is 0.141. The number of aromatic nitrogens is 2. The quantitative estimate of drug-likeness (QED) is 0.889. The van der Waals surface area contributed by atoms with Gasteiger partial charge in [0, 0.05) is 16.6 Å². The summed E-state index contributed by atoms with van der Waals surface area (Å²) in [6.45, 7) is 4.93. The van der Waals surface area contributed by atoms with Crippen molar-refractivity contribution in [3.63, 3.8) is 0 Å². The van der Waals surface area contributed by atoms with Gasteiger partial charge in [-0.15, -0.1) is 0 Å². The lowest BCUT2D eigenvalue weighted by Crippen LogP contribution is -2.14. The van der Waals surface area contributed by atoms with Crippen molar-refractivity contribution >= 4 is 15.9 Å². The average molecular weight is 344 g/mol. The van der Waals surface area contributed by atoms with Crippen molar-refractivity contribution in [2.24, 2.45) is 0 Å². The van der Waals surface area contributed by atoms with Crippen LogP contribution in [0.1, 0.15) is 30.2 Å². The van der Waals surface area contributed by atoms with Gasteiger partial charge < -0.3 is 5.32 Å². The van der Waals surface area contributed by atoms with Gasteiger partial charge in [0.25, 0.3) is 6.43 Å². The number of nitrogens with one attached hydrogen (secondary N) is 1. The molecule has 0 spiro atoms. The van der Waals surface area contributed by atoms with E-state index in [1.54, 1.807) is 6.07 Å². The molecule has 1 N–H and O–H groups in total. The third-order valence-electron chi connectivity index (χ3n) is 3.05. The second kappa shape index (κ2) is 6.45. The van der Waals surface area contributed by atoms with E-state index in [0.717, 1.165) is 16.6 Å². The molecular formula is C14H16BrF2N3. The molecule has 0 unspecified atom stereocenters. The van der Waals surface area contributed by atoms with Gasteiger partial charge >= 0.3 is 0 Å². The van der Waals surface area contributed by atoms with Gasteiger partial charge in [-0.25, -0.2) is 13.5 Å². The highest BCUT2D eigenvalue weighted by atomic mass is 79.9. The van der Waals surface area contributed by atoms with E-state index in [4.69, 9.17) is 0 Å². The molecule has 6 heteroatoms. The average Bonchev–Trinajstić information content (AvgIpc) is 2.80. The lowest BCUT2D eigenvalue weighted by atomic mass is 10.2. The van der Waals surface area contributed by atoms with Crippen LogP contribution >= 0.6 is 15.9 Å². The number of rotatable bonds is 5. The maximum absolute atomic E-state index is 13.3. The molecule has 0 fully saturated rings. The van der Waals surface area contributed by atoms with Crippen molar-refractivity contribution in [1.82, 2.24) is 15.1 Å². The summed E-state index contributed by atoms with van der Waals surface area (Å²) in [5.41, 5.74) is 2.05. The molecule has 0 aliphatic rings. The predicted octanol–water partition coefficient (Wildman–Crippen LogP) is 3.99. The molecule has 0 aliphatic carbocycles. The van der Waals surface area contributed by atoms with Crippen LogP contribution in [-0.2, 0) is 6.54 Å². The van der Waals surface area contributed by atoms with Crippen LogP contribution < -0.4 is 5.32 Å². The molecule has 2 rings (SSSR count). The van der Waals surface area contributed by atoms with Crippen molar-refractivity contribution in [2.75, 3.05) is 6.54 Å². The Morgan fingerprint density at radius 2 is 2.15 bits per heavy atom. The van der Waals surface area contributed by atoms with Gasteiger partial charge in [0.15, 0.2) is 0 Å². The highest BCUT2D eigenvalue weighted by Crippen LogP contribution is 2.28. The predicted molar refractivity (Wildman–Crippen MR) is 78.3 cm³/mol. The minimum atomic E-state index is -2.56. The fourth-order valence-corrected chi connectivity index (χ4v) is 2.54. The third kappa shape index (κ3) is 3.07. The summed E-state index contributed by atoms with van der Waals surface area (Å²) in [5, 5.41) is 7.19. The van der Waals surface area contributed by atoms with Crippen LogP contribution in [0.4, 0.5) is 8.78 Å². The summed E-state index contributed by atoms with van der Waals surface area (Å²) in [6.07, 6.45) is -1.06. The van der Waals surface area contributed by atoms with Crippen LogP contribution in [0.3, 0.4) is 0 Å². The van der Waals surface area contributed by atoms with E-state index in [-0.39, 0.29) is 5.69 Å². The number of aryl methyl sites for hydroxylation is 1. The van der Waals surface area contributed by atoms with Gasteiger partial charge in [-0.05, 0) is 37.2 Å². The van der Waals surface area contributed by atoms with Crippen molar-refractivity contribution in [2.45, 2.75) is 26.8 Å². The molecule has 1 aromatic heterocycles. The monoisotopic (exact) mass is 343 g/mol. The Hall–Kier alpha value is -1.27. The topological polar surface area (TPSA) is 29.9 Å². The van der Waals surface area contributed by atoms with Crippen LogP contribution in [-0.4, -0.2) is 16.3 Å². The first kappa shape index (κ1) is 15.1. The molecule has 0 radical (unpaired) electrons. The largest absolute Gasteiger partial charge is 0.313 e. The summed E-state index contributed by atoms with van der Waals surface area (Å²) in [6, 6.07) is 5.49. The minimum Gasteiger partial charge on any atom is -0.313 e. The highest BCUT2D eigenvalue weighted by Gasteiger charge is 2.21.